The molecule has 108 valence electrons. The van der Waals surface area contributed by atoms with Crippen molar-refractivity contribution in [2.24, 2.45) is 0 Å². The summed E-state index contributed by atoms with van der Waals surface area (Å²) in [6, 6.07) is 15.0. The molecule has 0 saturated carbocycles. The minimum Gasteiger partial charge on any atom is -0.338 e. The van der Waals surface area contributed by atoms with Crippen molar-refractivity contribution in [2.45, 2.75) is 12.3 Å². The second kappa shape index (κ2) is 5.98. The topological polar surface area (TPSA) is 20.3 Å². The summed E-state index contributed by atoms with van der Waals surface area (Å²) in [7, 11) is 0. The molecule has 0 aromatic heterocycles. The van der Waals surface area contributed by atoms with Crippen LogP contribution in [0.25, 0.3) is 0 Å². The van der Waals surface area contributed by atoms with E-state index in [9.17, 15) is 9.18 Å². The van der Waals surface area contributed by atoms with E-state index < -0.39 is 5.82 Å². The Hall–Kier alpha value is -1.68. The van der Waals surface area contributed by atoms with Crippen LogP contribution >= 0.6 is 15.9 Å². The zero-order valence-electron chi connectivity index (χ0n) is 11.4. The molecule has 1 aliphatic heterocycles. The summed E-state index contributed by atoms with van der Waals surface area (Å²) >= 11 is 3.13. The molecular formula is C17H15BrFNO. The molecule has 1 heterocycles. The van der Waals surface area contributed by atoms with Gasteiger partial charge in [0.1, 0.15) is 5.82 Å². The van der Waals surface area contributed by atoms with Crippen LogP contribution < -0.4 is 0 Å². The van der Waals surface area contributed by atoms with Gasteiger partial charge in [-0.3, -0.25) is 4.79 Å². The lowest BCUT2D eigenvalue weighted by molar-refractivity contribution is 0.0786. The number of halogens is 2. The van der Waals surface area contributed by atoms with Crippen molar-refractivity contribution >= 4 is 21.8 Å². The number of likely N-dealkylation sites (tertiary alicyclic amines) is 1. The normalized spacial score (nSPS) is 18.0. The maximum atomic E-state index is 14.0. The van der Waals surface area contributed by atoms with Crippen LogP contribution in [0.2, 0.25) is 0 Å². The maximum Gasteiger partial charge on any atom is 0.256 e. The van der Waals surface area contributed by atoms with Crippen LogP contribution in [0, 0.1) is 5.82 Å². The number of benzene rings is 2. The molecule has 2 aromatic carbocycles. The quantitative estimate of drug-likeness (QED) is 0.796. The van der Waals surface area contributed by atoms with E-state index in [0.717, 1.165) is 6.42 Å². The van der Waals surface area contributed by atoms with Gasteiger partial charge in [0, 0.05) is 19.0 Å². The zero-order valence-corrected chi connectivity index (χ0v) is 13.0. The van der Waals surface area contributed by atoms with Crippen LogP contribution in [0.4, 0.5) is 4.39 Å². The van der Waals surface area contributed by atoms with Crippen LogP contribution in [0.15, 0.2) is 53.0 Å². The van der Waals surface area contributed by atoms with E-state index in [1.165, 1.54) is 11.6 Å². The summed E-state index contributed by atoms with van der Waals surface area (Å²) in [5, 5.41) is 0. The summed E-state index contributed by atoms with van der Waals surface area (Å²) < 4.78 is 14.4. The van der Waals surface area contributed by atoms with Crippen LogP contribution in [-0.2, 0) is 0 Å². The Kier molecular flexibility index (Phi) is 4.06. The Morgan fingerprint density at radius 3 is 2.67 bits per heavy atom. The van der Waals surface area contributed by atoms with Gasteiger partial charge in [-0.15, -0.1) is 0 Å². The predicted octanol–water partition coefficient (Wildman–Crippen LogP) is 4.22. The van der Waals surface area contributed by atoms with E-state index in [2.05, 4.69) is 28.1 Å². The average molecular weight is 348 g/mol. The SMILES string of the molecule is O=C(c1cccc(Br)c1F)N1CCC(c2ccccc2)C1. The van der Waals surface area contributed by atoms with Gasteiger partial charge in [-0.1, -0.05) is 36.4 Å². The first kappa shape index (κ1) is 14.3. The fourth-order valence-corrected chi connectivity index (χ4v) is 3.15. The minimum absolute atomic E-state index is 0.137. The third-order valence-corrected chi connectivity index (χ3v) is 4.54. The third-order valence-electron chi connectivity index (χ3n) is 3.93. The second-order valence-electron chi connectivity index (χ2n) is 5.25. The molecule has 1 atom stereocenters. The molecule has 1 unspecified atom stereocenters. The Labute approximate surface area is 131 Å². The van der Waals surface area contributed by atoms with Crippen LogP contribution in [0.1, 0.15) is 28.3 Å². The molecule has 21 heavy (non-hydrogen) atoms. The Morgan fingerprint density at radius 1 is 1.14 bits per heavy atom. The van der Waals surface area contributed by atoms with Gasteiger partial charge in [-0.2, -0.15) is 0 Å². The van der Waals surface area contributed by atoms with E-state index >= 15 is 0 Å². The largest absolute Gasteiger partial charge is 0.338 e. The Bertz CT molecular complexity index is 659. The van der Waals surface area contributed by atoms with Crippen molar-refractivity contribution in [3.63, 3.8) is 0 Å². The molecule has 0 N–H and O–H groups in total. The number of rotatable bonds is 2. The number of carbonyl (C=O) groups is 1. The van der Waals surface area contributed by atoms with Crippen molar-refractivity contribution in [3.8, 4) is 0 Å². The smallest absolute Gasteiger partial charge is 0.256 e. The Morgan fingerprint density at radius 2 is 1.90 bits per heavy atom. The van der Waals surface area contributed by atoms with E-state index in [0.29, 0.717) is 23.5 Å². The lowest BCUT2D eigenvalue weighted by Gasteiger charge is -2.17. The standard InChI is InChI=1S/C17H15BrFNO/c18-15-8-4-7-14(16(15)19)17(21)20-10-9-13(11-20)12-5-2-1-3-6-12/h1-8,13H,9-11H2. The predicted molar refractivity (Wildman–Crippen MR) is 83.8 cm³/mol. The van der Waals surface area contributed by atoms with Crippen LogP contribution in [0.3, 0.4) is 0 Å². The van der Waals surface area contributed by atoms with Crippen molar-refractivity contribution in [3.05, 3.63) is 69.9 Å². The van der Waals surface area contributed by atoms with Crippen LogP contribution in [-0.4, -0.2) is 23.9 Å². The van der Waals surface area contributed by atoms with Gasteiger partial charge in [-0.05, 0) is 40.0 Å². The highest BCUT2D eigenvalue weighted by atomic mass is 79.9. The number of carbonyl (C=O) groups excluding carboxylic acids is 1. The van der Waals surface area contributed by atoms with E-state index in [4.69, 9.17) is 0 Å². The average Bonchev–Trinajstić information content (AvgIpc) is 3.00. The van der Waals surface area contributed by atoms with E-state index in [1.807, 2.05) is 18.2 Å². The summed E-state index contributed by atoms with van der Waals surface area (Å²) in [4.78, 5) is 14.2. The lowest BCUT2D eigenvalue weighted by atomic mass is 9.99. The van der Waals surface area contributed by atoms with Crippen molar-refractivity contribution in [1.82, 2.24) is 4.90 Å². The molecule has 4 heteroatoms. The molecule has 2 nitrogen and oxygen atoms in total. The van der Waals surface area contributed by atoms with Gasteiger partial charge in [0.25, 0.3) is 5.91 Å². The highest BCUT2D eigenvalue weighted by Crippen LogP contribution is 2.29. The number of hydrogen-bond acceptors (Lipinski definition) is 1. The van der Waals surface area contributed by atoms with Gasteiger partial charge in [0.05, 0.1) is 10.0 Å². The number of hydrogen-bond donors (Lipinski definition) is 0. The van der Waals surface area contributed by atoms with Gasteiger partial charge in [-0.25, -0.2) is 4.39 Å². The fraction of sp³-hybridized carbons (Fsp3) is 0.235. The van der Waals surface area contributed by atoms with Crippen molar-refractivity contribution < 1.29 is 9.18 Å². The molecule has 0 spiro atoms. The zero-order chi connectivity index (χ0) is 14.8. The number of nitrogens with zero attached hydrogens (tertiary/aromatic N) is 1. The minimum atomic E-state index is -0.481. The first-order valence-corrected chi connectivity index (χ1v) is 7.74. The van der Waals surface area contributed by atoms with E-state index in [1.54, 1.807) is 17.0 Å². The second-order valence-corrected chi connectivity index (χ2v) is 6.10. The molecule has 3 rings (SSSR count). The molecule has 1 aliphatic rings. The molecule has 0 bridgehead atoms. The fourth-order valence-electron chi connectivity index (χ4n) is 2.78. The van der Waals surface area contributed by atoms with Crippen molar-refractivity contribution in [1.29, 1.82) is 0 Å². The van der Waals surface area contributed by atoms with Gasteiger partial charge < -0.3 is 4.90 Å². The van der Waals surface area contributed by atoms with Gasteiger partial charge in [0.15, 0.2) is 0 Å². The molecule has 0 radical (unpaired) electrons. The van der Waals surface area contributed by atoms with E-state index in [-0.39, 0.29) is 11.5 Å². The summed E-state index contributed by atoms with van der Waals surface area (Å²) in [6.07, 6.45) is 0.922. The van der Waals surface area contributed by atoms with Crippen molar-refractivity contribution in [2.75, 3.05) is 13.1 Å². The molecule has 2 aromatic rings. The maximum absolute atomic E-state index is 14.0. The summed E-state index contributed by atoms with van der Waals surface area (Å²) in [5.41, 5.74) is 1.38. The molecule has 1 saturated heterocycles. The molecular weight excluding hydrogens is 333 g/mol. The highest BCUT2D eigenvalue weighted by molar-refractivity contribution is 9.10. The highest BCUT2D eigenvalue weighted by Gasteiger charge is 2.29. The number of amides is 1. The van der Waals surface area contributed by atoms with Gasteiger partial charge in [0.2, 0.25) is 0 Å². The van der Waals surface area contributed by atoms with Gasteiger partial charge >= 0.3 is 0 Å². The first-order valence-electron chi connectivity index (χ1n) is 6.95. The first-order chi connectivity index (χ1) is 10.2. The lowest BCUT2D eigenvalue weighted by Crippen LogP contribution is -2.29. The molecule has 1 fully saturated rings. The summed E-state index contributed by atoms with van der Waals surface area (Å²) in [6.45, 7) is 1.32. The monoisotopic (exact) mass is 347 g/mol. The third kappa shape index (κ3) is 2.86. The molecule has 0 aliphatic carbocycles. The summed E-state index contributed by atoms with van der Waals surface area (Å²) in [5.74, 6) is -0.372. The molecule has 1 amide bonds. The van der Waals surface area contributed by atoms with Crippen LogP contribution in [0.5, 0.6) is 0 Å². The Balaban J connectivity index is 1.77.